The molecule has 0 aromatic carbocycles. The summed E-state index contributed by atoms with van der Waals surface area (Å²) in [5.41, 5.74) is 2.42. The monoisotopic (exact) mass is 278 g/mol. The summed E-state index contributed by atoms with van der Waals surface area (Å²) in [5, 5.41) is 24.7. The Morgan fingerprint density at radius 1 is 1.47 bits per heavy atom. The van der Waals surface area contributed by atoms with Gasteiger partial charge in [-0.1, -0.05) is 25.2 Å². The molecule has 1 aliphatic rings. The van der Waals surface area contributed by atoms with Gasteiger partial charge in [-0.2, -0.15) is 5.10 Å². The fraction of sp³-hybridized carbons (Fsp3) is 0.615. The molecule has 1 N–H and O–H groups in total. The quantitative estimate of drug-likeness (QED) is 0.929. The number of fused-ring (bicyclic) bond motifs is 1. The van der Waals surface area contributed by atoms with Crippen molar-refractivity contribution in [3.8, 4) is 0 Å². The lowest BCUT2D eigenvalue weighted by atomic mass is 9.96. The fourth-order valence-corrected chi connectivity index (χ4v) is 3.20. The van der Waals surface area contributed by atoms with Crippen LogP contribution in [0.2, 0.25) is 0 Å². The lowest BCUT2D eigenvalue weighted by molar-refractivity contribution is 0.155. The summed E-state index contributed by atoms with van der Waals surface area (Å²) in [5.74, 6) is 0.416. The molecule has 3 rings (SSSR count). The van der Waals surface area contributed by atoms with Gasteiger partial charge in [0.05, 0.1) is 18.8 Å². The maximum Gasteiger partial charge on any atom is 0.139 e. The molecule has 0 fully saturated rings. The average molecular weight is 278 g/mol. The van der Waals surface area contributed by atoms with Crippen LogP contribution >= 0.6 is 11.3 Å². The van der Waals surface area contributed by atoms with Crippen LogP contribution < -0.4 is 0 Å². The number of aliphatic hydroxyl groups is 1. The molecule has 0 aliphatic heterocycles. The highest BCUT2D eigenvalue weighted by Crippen LogP contribution is 2.24. The Balaban J connectivity index is 1.81. The van der Waals surface area contributed by atoms with Crippen molar-refractivity contribution in [1.29, 1.82) is 0 Å². The largest absolute Gasteiger partial charge is 0.393 e. The van der Waals surface area contributed by atoms with E-state index in [0.717, 1.165) is 28.6 Å². The molecule has 19 heavy (non-hydrogen) atoms. The summed E-state index contributed by atoms with van der Waals surface area (Å²) in [6.07, 6.45) is 4.15. The fourth-order valence-electron chi connectivity index (χ4n) is 2.37. The Morgan fingerprint density at radius 2 is 2.32 bits per heavy atom. The highest BCUT2D eigenvalue weighted by atomic mass is 32.1. The van der Waals surface area contributed by atoms with E-state index >= 15 is 0 Å². The van der Waals surface area contributed by atoms with Crippen LogP contribution in [-0.4, -0.2) is 31.2 Å². The van der Waals surface area contributed by atoms with Crippen LogP contribution in [-0.2, 0) is 19.4 Å². The smallest absolute Gasteiger partial charge is 0.139 e. The second-order valence-electron chi connectivity index (χ2n) is 5.36. The van der Waals surface area contributed by atoms with Gasteiger partial charge in [-0.3, -0.25) is 4.68 Å². The molecule has 1 atom stereocenters. The standard InChI is InChI=1S/C13H18N4OS/c1-8(2)13-16-15-12(19-13)7-17-11-5-10(18)4-3-9(11)6-14-17/h6,8,10,18H,3-5,7H2,1-2H3. The van der Waals surface area contributed by atoms with Crippen LogP contribution in [0.25, 0.3) is 0 Å². The first-order chi connectivity index (χ1) is 9.13. The summed E-state index contributed by atoms with van der Waals surface area (Å²) in [7, 11) is 0. The molecular weight excluding hydrogens is 260 g/mol. The van der Waals surface area contributed by atoms with E-state index in [2.05, 4.69) is 29.1 Å². The number of aryl methyl sites for hydroxylation is 1. The zero-order chi connectivity index (χ0) is 13.4. The van der Waals surface area contributed by atoms with Gasteiger partial charge in [0.15, 0.2) is 0 Å². The van der Waals surface area contributed by atoms with E-state index in [9.17, 15) is 5.11 Å². The van der Waals surface area contributed by atoms with Crippen molar-refractivity contribution >= 4 is 11.3 Å². The van der Waals surface area contributed by atoms with Crippen LogP contribution in [0, 0.1) is 0 Å². The minimum atomic E-state index is -0.233. The first-order valence-electron chi connectivity index (χ1n) is 6.67. The lowest BCUT2D eigenvalue weighted by Crippen LogP contribution is -2.21. The number of rotatable bonds is 3. The van der Waals surface area contributed by atoms with Crippen molar-refractivity contribution < 1.29 is 5.11 Å². The maximum atomic E-state index is 9.78. The van der Waals surface area contributed by atoms with Crippen LogP contribution in [0.3, 0.4) is 0 Å². The van der Waals surface area contributed by atoms with Gasteiger partial charge in [-0.25, -0.2) is 0 Å². The first kappa shape index (κ1) is 12.7. The second kappa shape index (κ2) is 5.02. The third kappa shape index (κ3) is 2.55. The Labute approximate surface area is 116 Å². The summed E-state index contributed by atoms with van der Waals surface area (Å²) in [4.78, 5) is 0. The molecule has 2 aromatic rings. The molecular formula is C13H18N4OS. The predicted molar refractivity (Wildman–Crippen MR) is 73.4 cm³/mol. The maximum absolute atomic E-state index is 9.78. The van der Waals surface area contributed by atoms with E-state index in [-0.39, 0.29) is 6.10 Å². The van der Waals surface area contributed by atoms with Crippen molar-refractivity contribution in [1.82, 2.24) is 20.0 Å². The van der Waals surface area contributed by atoms with E-state index in [1.54, 1.807) is 11.3 Å². The Kier molecular flexibility index (Phi) is 3.36. The molecule has 0 amide bonds. The SMILES string of the molecule is CC(C)c1nnc(Cn2ncc3c2CC(O)CC3)s1. The molecule has 1 aliphatic carbocycles. The molecule has 102 valence electrons. The number of aromatic nitrogens is 4. The summed E-state index contributed by atoms with van der Waals surface area (Å²) in [6, 6.07) is 0. The van der Waals surface area contributed by atoms with E-state index in [1.165, 1.54) is 5.56 Å². The zero-order valence-electron chi connectivity index (χ0n) is 11.2. The molecule has 0 saturated carbocycles. The van der Waals surface area contributed by atoms with E-state index < -0.39 is 0 Å². The summed E-state index contributed by atoms with van der Waals surface area (Å²) in [6.45, 7) is 4.90. The number of hydrogen-bond acceptors (Lipinski definition) is 5. The van der Waals surface area contributed by atoms with E-state index in [4.69, 9.17) is 0 Å². The number of hydrogen-bond donors (Lipinski definition) is 1. The van der Waals surface area contributed by atoms with Crippen molar-refractivity contribution in [2.24, 2.45) is 0 Å². The third-order valence-corrected chi connectivity index (χ3v) is 4.68. The molecule has 5 nitrogen and oxygen atoms in total. The Bertz CT molecular complexity index is 575. The molecule has 6 heteroatoms. The first-order valence-corrected chi connectivity index (χ1v) is 7.49. The van der Waals surface area contributed by atoms with Gasteiger partial charge < -0.3 is 5.11 Å². The normalized spacial score (nSPS) is 18.8. The van der Waals surface area contributed by atoms with Crippen molar-refractivity contribution in [2.45, 2.75) is 51.7 Å². The minimum Gasteiger partial charge on any atom is -0.393 e. The highest BCUT2D eigenvalue weighted by Gasteiger charge is 2.21. The van der Waals surface area contributed by atoms with Gasteiger partial charge in [0.2, 0.25) is 0 Å². The van der Waals surface area contributed by atoms with Crippen LogP contribution in [0.15, 0.2) is 6.20 Å². The lowest BCUT2D eigenvalue weighted by Gasteiger charge is -2.18. The van der Waals surface area contributed by atoms with Gasteiger partial charge in [0.25, 0.3) is 0 Å². The van der Waals surface area contributed by atoms with Crippen molar-refractivity contribution in [3.05, 3.63) is 27.5 Å². The van der Waals surface area contributed by atoms with E-state index in [0.29, 0.717) is 18.9 Å². The molecule has 0 bridgehead atoms. The summed E-state index contributed by atoms with van der Waals surface area (Å²) >= 11 is 1.65. The molecule has 0 radical (unpaired) electrons. The van der Waals surface area contributed by atoms with Crippen molar-refractivity contribution in [2.75, 3.05) is 0 Å². The van der Waals surface area contributed by atoms with Crippen LogP contribution in [0.4, 0.5) is 0 Å². The minimum absolute atomic E-state index is 0.233. The highest BCUT2D eigenvalue weighted by molar-refractivity contribution is 7.11. The van der Waals surface area contributed by atoms with Crippen LogP contribution in [0.5, 0.6) is 0 Å². The molecule has 2 aromatic heterocycles. The predicted octanol–water partition coefficient (Wildman–Crippen LogP) is 1.76. The van der Waals surface area contributed by atoms with Gasteiger partial charge in [-0.15, -0.1) is 10.2 Å². The molecule has 1 unspecified atom stereocenters. The topological polar surface area (TPSA) is 63.8 Å². The number of aliphatic hydroxyl groups excluding tert-OH is 1. The Hall–Kier alpha value is -1.27. The summed E-state index contributed by atoms with van der Waals surface area (Å²) < 4.78 is 1.96. The number of nitrogens with zero attached hydrogens (tertiary/aromatic N) is 4. The van der Waals surface area contributed by atoms with Crippen molar-refractivity contribution in [3.63, 3.8) is 0 Å². The van der Waals surface area contributed by atoms with Gasteiger partial charge in [0.1, 0.15) is 10.0 Å². The van der Waals surface area contributed by atoms with E-state index in [1.807, 2.05) is 10.9 Å². The van der Waals surface area contributed by atoms with Crippen LogP contribution in [0.1, 0.15) is 47.5 Å². The molecule has 0 spiro atoms. The molecule has 0 saturated heterocycles. The van der Waals surface area contributed by atoms with Gasteiger partial charge >= 0.3 is 0 Å². The average Bonchev–Trinajstić information content (AvgIpc) is 2.98. The van der Waals surface area contributed by atoms with Gasteiger partial charge in [-0.05, 0) is 18.4 Å². The molecule has 2 heterocycles. The third-order valence-electron chi connectivity index (χ3n) is 3.47. The van der Waals surface area contributed by atoms with Gasteiger partial charge in [0, 0.05) is 18.0 Å². The zero-order valence-corrected chi connectivity index (χ0v) is 12.0. The second-order valence-corrected chi connectivity index (χ2v) is 6.45. The Morgan fingerprint density at radius 3 is 3.05 bits per heavy atom.